The minimum Gasteiger partial charge on any atom is -0.497 e. The molecule has 6 heteroatoms. The first-order valence-corrected chi connectivity index (χ1v) is 11.8. The maximum atomic E-state index is 10.3. The van der Waals surface area contributed by atoms with E-state index in [0.717, 1.165) is 56.1 Å². The number of aromatic nitrogens is 2. The van der Waals surface area contributed by atoms with E-state index in [0.29, 0.717) is 5.75 Å². The summed E-state index contributed by atoms with van der Waals surface area (Å²) in [5.41, 5.74) is 4.82. The lowest BCUT2D eigenvalue weighted by atomic mass is 9.96. The van der Waals surface area contributed by atoms with E-state index in [9.17, 15) is 5.11 Å². The Morgan fingerprint density at radius 2 is 1.64 bits per heavy atom. The van der Waals surface area contributed by atoms with Crippen molar-refractivity contribution in [1.29, 1.82) is 0 Å². The fraction of sp³-hybridized carbons (Fsp3) is 0.259. The van der Waals surface area contributed by atoms with E-state index in [1.54, 1.807) is 32.7 Å². The first-order valence-electron chi connectivity index (χ1n) is 10.8. The van der Waals surface area contributed by atoms with Crippen LogP contribution in [-0.4, -0.2) is 22.2 Å². The number of thioether (sulfide) groups is 1. The Labute approximate surface area is 198 Å². The predicted molar refractivity (Wildman–Crippen MR) is 132 cm³/mol. The largest absolute Gasteiger partial charge is 0.497 e. The zero-order valence-electron chi connectivity index (χ0n) is 19.5. The molecule has 0 unspecified atom stereocenters. The number of methoxy groups -OCH3 is 1. The summed E-state index contributed by atoms with van der Waals surface area (Å²) in [7, 11) is 1.66. The minimum absolute atomic E-state index is 0.666. The van der Waals surface area contributed by atoms with E-state index in [4.69, 9.17) is 9.15 Å². The van der Waals surface area contributed by atoms with Gasteiger partial charge in [-0.15, -0.1) is 0 Å². The summed E-state index contributed by atoms with van der Waals surface area (Å²) < 4.78 is 11.8. The highest BCUT2D eigenvalue weighted by Gasteiger charge is 2.19. The molecule has 0 saturated heterocycles. The van der Waals surface area contributed by atoms with Crippen LogP contribution in [0.2, 0.25) is 0 Å². The summed E-state index contributed by atoms with van der Waals surface area (Å²) in [6, 6.07) is 19.7. The average Bonchev–Trinajstić information content (AvgIpc) is 3.21. The second-order valence-corrected chi connectivity index (χ2v) is 9.50. The second kappa shape index (κ2) is 9.41. The maximum absolute atomic E-state index is 10.3. The quantitative estimate of drug-likeness (QED) is 0.249. The van der Waals surface area contributed by atoms with E-state index in [2.05, 4.69) is 16.0 Å². The zero-order chi connectivity index (χ0) is 23.6. The molecule has 0 radical (unpaired) electrons. The van der Waals surface area contributed by atoms with Crippen molar-refractivity contribution >= 4 is 11.8 Å². The van der Waals surface area contributed by atoms with E-state index < -0.39 is 5.60 Å². The summed E-state index contributed by atoms with van der Waals surface area (Å²) in [5, 5.41) is 11.1. The Hall–Kier alpha value is -3.09. The van der Waals surface area contributed by atoms with E-state index in [1.165, 1.54) is 0 Å². The van der Waals surface area contributed by atoms with E-state index in [1.807, 2.05) is 68.4 Å². The third kappa shape index (κ3) is 5.46. The minimum atomic E-state index is -0.896. The lowest BCUT2D eigenvalue weighted by molar-refractivity contribution is 0.0786. The number of furan rings is 1. The van der Waals surface area contributed by atoms with Crippen molar-refractivity contribution in [1.82, 2.24) is 9.97 Å². The van der Waals surface area contributed by atoms with Crippen molar-refractivity contribution in [2.24, 2.45) is 0 Å². The number of hydrogen-bond donors (Lipinski definition) is 1. The Kier molecular flexibility index (Phi) is 6.58. The highest BCUT2D eigenvalue weighted by molar-refractivity contribution is 7.98. The second-order valence-electron chi connectivity index (χ2n) is 8.56. The molecule has 0 bridgehead atoms. The Bertz CT molecular complexity index is 1240. The number of aliphatic hydroxyl groups is 1. The van der Waals surface area contributed by atoms with Crippen LogP contribution in [0.3, 0.4) is 0 Å². The standard InChI is InChI=1S/C27H28N2O3S/c1-17-13-18(2)29-26(28-17)33-16-21-15-24(20-7-6-8-23(14-20)31-5)32-25(21)19-9-11-22(12-10-19)27(3,4)30/h6-15,30H,16H2,1-5H3. The number of benzene rings is 2. The lowest BCUT2D eigenvalue weighted by Gasteiger charge is -2.17. The molecule has 0 spiro atoms. The Morgan fingerprint density at radius 1 is 0.939 bits per heavy atom. The highest BCUT2D eigenvalue weighted by Crippen LogP contribution is 2.37. The van der Waals surface area contributed by atoms with Crippen molar-refractivity contribution in [3.8, 4) is 28.4 Å². The number of ether oxygens (including phenoxy) is 1. The third-order valence-corrected chi connectivity index (χ3v) is 6.23. The van der Waals surface area contributed by atoms with Gasteiger partial charge in [0.05, 0.1) is 12.7 Å². The SMILES string of the molecule is COc1cccc(-c2cc(CSc3nc(C)cc(C)n3)c(-c3ccc(C(C)(C)O)cc3)o2)c1. The fourth-order valence-electron chi connectivity index (χ4n) is 3.63. The van der Waals surface area contributed by atoms with Gasteiger partial charge in [-0.25, -0.2) is 9.97 Å². The van der Waals surface area contributed by atoms with E-state index >= 15 is 0 Å². The summed E-state index contributed by atoms with van der Waals surface area (Å²) >= 11 is 1.59. The molecule has 5 nitrogen and oxygen atoms in total. The van der Waals surface area contributed by atoms with Gasteiger partial charge in [0.1, 0.15) is 17.3 Å². The van der Waals surface area contributed by atoms with Crippen LogP contribution >= 0.6 is 11.8 Å². The molecule has 4 aromatic rings. The van der Waals surface area contributed by atoms with Gasteiger partial charge >= 0.3 is 0 Å². The molecular weight excluding hydrogens is 432 g/mol. The van der Waals surface area contributed by atoms with Gasteiger partial charge in [-0.3, -0.25) is 0 Å². The molecule has 0 amide bonds. The molecule has 0 aliphatic heterocycles. The van der Waals surface area contributed by atoms with Gasteiger partial charge in [-0.05, 0) is 57.5 Å². The lowest BCUT2D eigenvalue weighted by Crippen LogP contribution is -2.14. The fourth-order valence-corrected chi connectivity index (χ4v) is 4.54. The first kappa shape index (κ1) is 23.1. The van der Waals surface area contributed by atoms with Crippen molar-refractivity contribution in [3.05, 3.63) is 83.2 Å². The Balaban J connectivity index is 1.72. The molecule has 2 heterocycles. The first-order chi connectivity index (χ1) is 15.7. The van der Waals surface area contributed by atoms with Gasteiger partial charge in [0.2, 0.25) is 0 Å². The maximum Gasteiger partial charge on any atom is 0.188 e. The number of aryl methyl sites for hydroxylation is 2. The van der Waals surface area contributed by atoms with Crippen molar-refractivity contribution in [2.75, 3.05) is 7.11 Å². The molecule has 0 aliphatic carbocycles. The molecule has 33 heavy (non-hydrogen) atoms. The van der Waals surface area contributed by atoms with Crippen LogP contribution < -0.4 is 4.74 Å². The molecule has 170 valence electrons. The number of rotatable bonds is 7. The van der Waals surface area contributed by atoms with Gasteiger partial charge in [0.15, 0.2) is 5.16 Å². The van der Waals surface area contributed by atoms with Crippen molar-refractivity contribution in [2.45, 2.75) is 44.2 Å². The van der Waals surface area contributed by atoms with Crippen LogP contribution in [0.1, 0.15) is 36.4 Å². The van der Waals surface area contributed by atoms with Crippen molar-refractivity contribution in [3.63, 3.8) is 0 Å². The third-order valence-electron chi connectivity index (χ3n) is 5.34. The van der Waals surface area contributed by atoms with Crippen LogP contribution in [0.5, 0.6) is 5.75 Å². The molecule has 2 aromatic heterocycles. The smallest absolute Gasteiger partial charge is 0.188 e. The van der Waals surface area contributed by atoms with Gasteiger partial charge in [-0.2, -0.15) is 0 Å². The van der Waals surface area contributed by atoms with Crippen LogP contribution in [0.25, 0.3) is 22.6 Å². The topological polar surface area (TPSA) is 68.4 Å². The highest BCUT2D eigenvalue weighted by atomic mass is 32.2. The van der Waals surface area contributed by atoms with Gasteiger partial charge in [0.25, 0.3) is 0 Å². The van der Waals surface area contributed by atoms with Gasteiger partial charge < -0.3 is 14.3 Å². The van der Waals surface area contributed by atoms with Crippen LogP contribution in [0, 0.1) is 13.8 Å². The average molecular weight is 461 g/mol. The monoisotopic (exact) mass is 460 g/mol. The van der Waals surface area contributed by atoms with Gasteiger partial charge in [0, 0.05) is 33.8 Å². The molecular formula is C27H28N2O3S. The van der Waals surface area contributed by atoms with E-state index in [-0.39, 0.29) is 0 Å². The summed E-state index contributed by atoms with van der Waals surface area (Å²) in [4.78, 5) is 9.11. The molecule has 1 N–H and O–H groups in total. The molecule has 0 fully saturated rings. The normalized spacial score (nSPS) is 11.6. The zero-order valence-corrected chi connectivity index (χ0v) is 20.4. The predicted octanol–water partition coefficient (Wildman–Crippen LogP) is 6.55. The van der Waals surface area contributed by atoms with Crippen LogP contribution in [0.15, 0.2) is 70.2 Å². The number of nitrogens with zero attached hydrogens (tertiary/aromatic N) is 2. The molecule has 0 saturated carbocycles. The van der Waals surface area contributed by atoms with Crippen LogP contribution in [0.4, 0.5) is 0 Å². The Morgan fingerprint density at radius 3 is 2.27 bits per heavy atom. The summed E-state index contributed by atoms with van der Waals surface area (Å²) in [5.74, 6) is 3.01. The molecule has 0 atom stereocenters. The molecule has 2 aromatic carbocycles. The molecule has 4 rings (SSSR count). The summed E-state index contributed by atoms with van der Waals surface area (Å²) in [6.07, 6.45) is 0. The van der Waals surface area contributed by atoms with Crippen molar-refractivity contribution < 1.29 is 14.3 Å². The van der Waals surface area contributed by atoms with Gasteiger partial charge in [-0.1, -0.05) is 48.2 Å². The number of hydrogen-bond acceptors (Lipinski definition) is 6. The molecule has 0 aliphatic rings. The van der Waals surface area contributed by atoms with Crippen LogP contribution in [-0.2, 0) is 11.4 Å². The summed E-state index contributed by atoms with van der Waals surface area (Å²) in [6.45, 7) is 7.52.